The van der Waals surface area contributed by atoms with Crippen LogP contribution < -0.4 is 10.1 Å². The molecule has 2 saturated carbocycles. The van der Waals surface area contributed by atoms with E-state index in [-0.39, 0.29) is 29.9 Å². The van der Waals surface area contributed by atoms with E-state index in [0.29, 0.717) is 34.5 Å². The highest BCUT2D eigenvalue weighted by Gasteiger charge is 2.61. The predicted octanol–water partition coefficient (Wildman–Crippen LogP) is 3.39. The fraction of sp³-hybridized carbons (Fsp3) is 0.652. The zero-order chi connectivity index (χ0) is 20.6. The maximum Gasteiger partial charge on any atom is 0.367 e. The average molecular weight is 388 g/mol. The fourth-order valence-corrected chi connectivity index (χ4v) is 5.17. The smallest absolute Gasteiger partial charge is 0.367 e. The van der Waals surface area contributed by atoms with E-state index in [2.05, 4.69) is 26.1 Å². The molecule has 2 fully saturated rings. The molecule has 5 heteroatoms. The number of hydrogen-bond donors (Lipinski definition) is 1. The van der Waals surface area contributed by atoms with E-state index in [1.807, 2.05) is 32.3 Å². The van der Waals surface area contributed by atoms with Gasteiger partial charge < -0.3 is 14.5 Å². The lowest BCUT2D eigenvalue weighted by molar-refractivity contribution is -0.882. The number of rotatable bonds is 7. The Balaban J connectivity index is 1.47. The van der Waals surface area contributed by atoms with Gasteiger partial charge in [-0.1, -0.05) is 39.0 Å². The summed E-state index contributed by atoms with van der Waals surface area (Å²) < 4.78 is 5.80. The second-order valence-corrected chi connectivity index (χ2v) is 10.1. The number of amides is 1. The van der Waals surface area contributed by atoms with Crippen molar-refractivity contribution >= 4 is 11.9 Å². The van der Waals surface area contributed by atoms with Gasteiger partial charge in [0.2, 0.25) is 5.91 Å². The van der Waals surface area contributed by atoms with E-state index in [4.69, 9.17) is 4.74 Å². The molecule has 0 aliphatic heterocycles. The first kappa shape index (κ1) is 20.8. The third-order valence-electron chi connectivity index (χ3n) is 7.61. The Morgan fingerprint density at radius 3 is 2.43 bits per heavy atom. The van der Waals surface area contributed by atoms with Crippen LogP contribution in [0.5, 0.6) is 5.75 Å². The van der Waals surface area contributed by atoms with Gasteiger partial charge in [0.1, 0.15) is 5.75 Å². The summed E-state index contributed by atoms with van der Waals surface area (Å²) >= 11 is 0. The Morgan fingerprint density at radius 2 is 1.86 bits per heavy atom. The monoisotopic (exact) mass is 387 g/mol. The summed E-state index contributed by atoms with van der Waals surface area (Å²) in [5.41, 5.74) is 0.485. The van der Waals surface area contributed by atoms with Crippen LogP contribution >= 0.6 is 0 Å². The van der Waals surface area contributed by atoms with Gasteiger partial charge >= 0.3 is 5.97 Å². The number of para-hydroxylation sites is 1. The van der Waals surface area contributed by atoms with Crippen molar-refractivity contribution in [2.24, 2.45) is 16.7 Å². The third-order valence-corrected chi connectivity index (χ3v) is 7.61. The molecule has 0 aromatic heterocycles. The Kier molecular flexibility index (Phi) is 5.59. The first-order chi connectivity index (χ1) is 13.0. The zero-order valence-corrected chi connectivity index (χ0v) is 18.0. The maximum absolute atomic E-state index is 12.6. The number of ether oxygens (including phenoxy) is 1. The van der Waals surface area contributed by atoms with E-state index >= 15 is 0 Å². The number of esters is 1. The van der Waals surface area contributed by atoms with Crippen molar-refractivity contribution in [1.82, 2.24) is 5.32 Å². The van der Waals surface area contributed by atoms with Crippen molar-refractivity contribution in [3.63, 3.8) is 0 Å². The van der Waals surface area contributed by atoms with E-state index < -0.39 is 0 Å². The van der Waals surface area contributed by atoms with Gasteiger partial charge in [-0.25, -0.2) is 4.79 Å². The highest BCUT2D eigenvalue weighted by atomic mass is 16.5. The molecule has 1 aromatic rings. The number of likely N-dealkylation sites (N-methyl/N-ethyl adjacent to an activating group) is 1. The largest absolute Gasteiger partial charge is 0.422 e. The van der Waals surface area contributed by atoms with Crippen LogP contribution in [0.15, 0.2) is 30.3 Å². The van der Waals surface area contributed by atoms with Crippen LogP contribution in [0, 0.1) is 16.7 Å². The molecule has 1 amide bonds. The summed E-state index contributed by atoms with van der Waals surface area (Å²) in [6, 6.07) is 9.36. The zero-order valence-electron chi connectivity index (χ0n) is 18.0. The SMILES string of the molecule is CC1(C)[C@H]2CC[C@@]1(C)[C@H](NC(=O)CC[N+](C)(C)CC(=O)Oc1ccccc1)C2. The minimum Gasteiger partial charge on any atom is -0.422 e. The van der Waals surface area contributed by atoms with Crippen molar-refractivity contribution in [3.8, 4) is 5.75 Å². The van der Waals surface area contributed by atoms with Crippen molar-refractivity contribution in [2.75, 3.05) is 27.2 Å². The first-order valence-corrected chi connectivity index (χ1v) is 10.4. The van der Waals surface area contributed by atoms with Gasteiger partial charge in [-0.3, -0.25) is 4.79 Å². The molecule has 0 spiro atoms. The number of carbonyl (C=O) groups is 2. The highest BCUT2D eigenvalue weighted by Crippen LogP contribution is 2.65. The van der Waals surface area contributed by atoms with E-state index in [1.165, 1.54) is 12.8 Å². The van der Waals surface area contributed by atoms with Crippen molar-refractivity contribution in [3.05, 3.63) is 30.3 Å². The van der Waals surface area contributed by atoms with E-state index in [1.54, 1.807) is 12.1 Å². The van der Waals surface area contributed by atoms with Crippen LogP contribution in [0.2, 0.25) is 0 Å². The molecule has 1 aromatic carbocycles. The third kappa shape index (κ3) is 4.09. The Morgan fingerprint density at radius 1 is 1.18 bits per heavy atom. The van der Waals surface area contributed by atoms with Gasteiger partial charge in [-0.05, 0) is 48.1 Å². The van der Waals surface area contributed by atoms with Crippen LogP contribution in [-0.2, 0) is 9.59 Å². The number of nitrogens with one attached hydrogen (secondary N) is 1. The van der Waals surface area contributed by atoms with Gasteiger partial charge in [0.25, 0.3) is 0 Å². The van der Waals surface area contributed by atoms with Gasteiger partial charge in [0.05, 0.1) is 27.1 Å². The van der Waals surface area contributed by atoms with Crippen LogP contribution in [-0.4, -0.2) is 49.6 Å². The quantitative estimate of drug-likeness (QED) is 0.443. The van der Waals surface area contributed by atoms with Crippen LogP contribution in [0.4, 0.5) is 0 Å². The minimum atomic E-state index is -0.279. The molecule has 28 heavy (non-hydrogen) atoms. The molecule has 0 unspecified atom stereocenters. The molecule has 2 aliphatic rings. The lowest BCUT2D eigenvalue weighted by Gasteiger charge is -2.39. The number of carbonyl (C=O) groups excluding carboxylic acids is 2. The van der Waals surface area contributed by atoms with E-state index in [9.17, 15) is 9.59 Å². The Labute approximate surface area is 169 Å². The predicted molar refractivity (Wildman–Crippen MR) is 110 cm³/mol. The van der Waals surface area contributed by atoms with Crippen LogP contribution in [0.25, 0.3) is 0 Å². The molecular weight excluding hydrogens is 352 g/mol. The summed E-state index contributed by atoms with van der Waals surface area (Å²) in [7, 11) is 3.92. The summed E-state index contributed by atoms with van der Waals surface area (Å²) in [5.74, 6) is 1.08. The fourth-order valence-electron chi connectivity index (χ4n) is 5.17. The maximum atomic E-state index is 12.6. The van der Waals surface area contributed by atoms with Crippen LogP contribution in [0.3, 0.4) is 0 Å². The first-order valence-electron chi connectivity index (χ1n) is 10.4. The van der Waals surface area contributed by atoms with Crippen molar-refractivity contribution in [2.45, 2.75) is 52.5 Å². The second kappa shape index (κ2) is 7.51. The summed E-state index contributed by atoms with van der Waals surface area (Å²) in [4.78, 5) is 24.8. The summed E-state index contributed by atoms with van der Waals surface area (Å²) in [6.07, 6.45) is 3.99. The minimum absolute atomic E-state index is 0.0946. The standard InChI is InChI=1S/C23H34N2O3/c1-22(2)17-11-13-23(22,3)19(15-17)24-20(26)12-14-25(4,5)16-21(27)28-18-9-7-6-8-10-18/h6-10,17,19H,11-16H2,1-5H3/p+1/t17-,19+,23-/m0/s1. The Bertz CT molecular complexity index is 729. The van der Waals surface area contributed by atoms with Crippen LogP contribution in [0.1, 0.15) is 46.5 Å². The van der Waals surface area contributed by atoms with Gasteiger partial charge in [0.15, 0.2) is 6.54 Å². The Hall–Kier alpha value is -1.88. The van der Waals surface area contributed by atoms with E-state index in [0.717, 1.165) is 6.42 Å². The molecule has 0 saturated heterocycles. The number of nitrogens with zero attached hydrogens (tertiary/aromatic N) is 1. The van der Waals surface area contributed by atoms with Gasteiger partial charge in [0, 0.05) is 6.04 Å². The summed E-state index contributed by atoms with van der Waals surface area (Å²) in [5, 5.41) is 3.31. The summed E-state index contributed by atoms with van der Waals surface area (Å²) in [6.45, 7) is 7.89. The van der Waals surface area contributed by atoms with Crippen molar-refractivity contribution < 1.29 is 18.8 Å². The van der Waals surface area contributed by atoms with Gasteiger partial charge in [-0.2, -0.15) is 0 Å². The molecule has 3 rings (SSSR count). The molecule has 5 nitrogen and oxygen atoms in total. The molecular formula is C23H35N2O3+. The number of hydrogen-bond acceptors (Lipinski definition) is 3. The molecule has 3 atom stereocenters. The molecule has 154 valence electrons. The molecule has 0 radical (unpaired) electrons. The number of benzene rings is 1. The lowest BCUT2D eigenvalue weighted by atomic mass is 9.69. The molecule has 0 heterocycles. The number of quaternary nitrogens is 1. The topological polar surface area (TPSA) is 55.4 Å². The highest BCUT2D eigenvalue weighted by molar-refractivity contribution is 5.76. The van der Waals surface area contributed by atoms with Crippen molar-refractivity contribution in [1.29, 1.82) is 0 Å². The molecule has 2 bridgehead atoms. The second-order valence-electron chi connectivity index (χ2n) is 10.1. The van der Waals surface area contributed by atoms with Gasteiger partial charge in [-0.15, -0.1) is 0 Å². The number of fused-ring (bicyclic) bond motifs is 2. The lowest BCUT2D eigenvalue weighted by Crippen LogP contribution is -2.50. The molecule has 2 aliphatic carbocycles. The normalized spacial score (nSPS) is 28.2. The average Bonchev–Trinajstić information content (AvgIpc) is 2.94. The molecule has 1 N–H and O–H groups in total.